The van der Waals surface area contributed by atoms with Gasteiger partial charge < -0.3 is 10.1 Å². The van der Waals surface area contributed by atoms with Crippen LogP contribution in [0.2, 0.25) is 0 Å². The highest BCUT2D eigenvalue weighted by Crippen LogP contribution is 2.29. The first-order valence-electron chi connectivity index (χ1n) is 6.32. The smallest absolute Gasteiger partial charge is 0.312 e. The number of aryl methyl sites for hydroxylation is 1. The standard InChI is InChI=1S/C15H15FN2O3/c1-10-3-5-13(16)11(7-10)9-17-12-4-6-15(21-2)14(8-12)18(19)20/h3-8,17H,9H2,1-2H3. The molecule has 0 heterocycles. The van der Waals surface area contributed by atoms with E-state index in [-0.39, 0.29) is 23.8 Å². The Morgan fingerprint density at radius 2 is 2.05 bits per heavy atom. The van der Waals surface area contributed by atoms with Crippen LogP contribution in [-0.4, -0.2) is 12.0 Å². The van der Waals surface area contributed by atoms with E-state index in [9.17, 15) is 14.5 Å². The van der Waals surface area contributed by atoms with Crippen molar-refractivity contribution in [3.8, 4) is 5.75 Å². The summed E-state index contributed by atoms with van der Waals surface area (Å²) in [5.41, 5.74) is 1.86. The summed E-state index contributed by atoms with van der Waals surface area (Å²) in [6.07, 6.45) is 0. The molecule has 0 aliphatic rings. The molecule has 110 valence electrons. The lowest BCUT2D eigenvalue weighted by Crippen LogP contribution is -2.03. The Labute approximate surface area is 121 Å². The predicted octanol–water partition coefficient (Wildman–Crippen LogP) is 3.66. The van der Waals surface area contributed by atoms with E-state index in [1.54, 1.807) is 18.2 Å². The van der Waals surface area contributed by atoms with Gasteiger partial charge in [0.15, 0.2) is 5.75 Å². The topological polar surface area (TPSA) is 64.4 Å². The number of nitro benzene ring substituents is 1. The number of benzene rings is 2. The average Bonchev–Trinajstić information content (AvgIpc) is 2.47. The van der Waals surface area contributed by atoms with Gasteiger partial charge in [0.05, 0.1) is 12.0 Å². The second-order valence-electron chi connectivity index (χ2n) is 4.59. The molecule has 0 unspecified atom stereocenters. The summed E-state index contributed by atoms with van der Waals surface area (Å²) in [6.45, 7) is 2.12. The summed E-state index contributed by atoms with van der Waals surface area (Å²) in [4.78, 5) is 10.4. The molecule has 2 aromatic carbocycles. The third-order valence-corrected chi connectivity index (χ3v) is 3.06. The quantitative estimate of drug-likeness (QED) is 0.674. The fraction of sp³-hybridized carbons (Fsp3) is 0.200. The van der Waals surface area contributed by atoms with E-state index in [0.29, 0.717) is 11.3 Å². The molecule has 0 saturated heterocycles. The molecule has 0 fully saturated rings. The summed E-state index contributed by atoms with van der Waals surface area (Å²) in [5, 5.41) is 13.9. The SMILES string of the molecule is COc1ccc(NCc2cc(C)ccc2F)cc1[N+](=O)[O-]. The zero-order valence-corrected chi connectivity index (χ0v) is 11.7. The molecule has 0 aliphatic heterocycles. The fourth-order valence-electron chi connectivity index (χ4n) is 1.98. The first-order valence-corrected chi connectivity index (χ1v) is 6.32. The molecule has 1 N–H and O–H groups in total. The van der Waals surface area contributed by atoms with E-state index in [1.807, 2.05) is 6.92 Å². The summed E-state index contributed by atoms with van der Waals surface area (Å²) < 4.78 is 18.6. The second-order valence-corrected chi connectivity index (χ2v) is 4.59. The lowest BCUT2D eigenvalue weighted by atomic mass is 10.1. The maximum Gasteiger partial charge on any atom is 0.312 e. The third-order valence-electron chi connectivity index (χ3n) is 3.06. The number of methoxy groups -OCH3 is 1. The number of hydrogen-bond acceptors (Lipinski definition) is 4. The number of ether oxygens (including phenoxy) is 1. The van der Waals surface area contributed by atoms with Crippen molar-refractivity contribution in [3.63, 3.8) is 0 Å². The van der Waals surface area contributed by atoms with E-state index in [0.717, 1.165) is 5.56 Å². The van der Waals surface area contributed by atoms with Gasteiger partial charge in [0.1, 0.15) is 5.82 Å². The van der Waals surface area contributed by atoms with E-state index in [2.05, 4.69) is 5.32 Å². The molecule has 5 nitrogen and oxygen atoms in total. The molecule has 0 aliphatic carbocycles. The summed E-state index contributed by atoms with van der Waals surface area (Å²) in [5.74, 6) is -0.122. The van der Waals surface area contributed by atoms with Gasteiger partial charge >= 0.3 is 5.69 Å². The molecule has 0 bridgehead atoms. The van der Waals surface area contributed by atoms with E-state index < -0.39 is 4.92 Å². The molecule has 0 saturated carbocycles. The number of nitrogens with zero attached hydrogens (tertiary/aromatic N) is 1. The van der Waals surface area contributed by atoms with Gasteiger partial charge in [-0.1, -0.05) is 17.7 Å². The highest BCUT2D eigenvalue weighted by molar-refractivity contribution is 5.58. The van der Waals surface area contributed by atoms with Crippen LogP contribution in [0, 0.1) is 22.9 Å². The maximum atomic E-state index is 13.6. The Kier molecular flexibility index (Phi) is 4.37. The van der Waals surface area contributed by atoms with E-state index in [1.165, 1.54) is 25.3 Å². The monoisotopic (exact) mass is 290 g/mol. The lowest BCUT2D eigenvalue weighted by Gasteiger charge is -2.09. The first-order chi connectivity index (χ1) is 10.0. The van der Waals surface area contributed by atoms with Crippen molar-refractivity contribution in [1.29, 1.82) is 0 Å². The number of hydrogen-bond donors (Lipinski definition) is 1. The van der Waals surface area contributed by atoms with Gasteiger partial charge in [0.25, 0.3) is 0 Å². The van der Waals surface area contributed by atoms with Crippen LogP contribution in [0.4, 0.5) is 15.8 Å². The number of halogens is 1. The highest BCUT2D eigenvalue weighted by atomic mass is 19.1. The lowest BCUT2D eigenvalue weighted by molar-refractivity contribution is -0.385. The Morgan fingerprint density at radius 3 is 2.71 bits per heavy atom. The molecule has 0 radical (unpaired) electrons. The van der Waals surface area contributed by atoms with Crippen LogP contribution in [0.3, 0.4) is 0 Å². The van der Waals surface area contributed by atoms with Gasteiger partial charge in [-0.25, -0.2) is 4.39 Å². The number of nitrogens with one attached hydrogen (secondary N) is 1. The van der Waals surface area contributed by atoms with Crippen LogP contribution in [0.15, 0.2) is 36.4 Å². The molecule has 2 rings (SSSR count). The van der Waals surface area contributed by atoms with Crippen molar-refractivity contribution in [2.24, 2.45) is 0 Å². The van der Waals surface area contributed by atoms with Crippen molar-refractivity contribution in [1.82, 2.24) is 0 Å². The molecular weight excluding hydrogens is 275 g/mol. The van der Waals surface area contributed by atoms with Gasteiger partial charge in [0, 0.05) is 23.9 Å². The summed E-state index contributed by atoms with van der Waals surface area (Å²) in [7, 11) is 1.37. The molecule has 0 atom stereocenters. The van der Waals surface area contributed by atoms with Crippen molar-refractivity contribution in [2.75, 3.05) is 12.4 Å². The number of anilines is 1. The molecule has 2 aromatic rings. The molecule has 0 spiro atoms. The van der Waals surface area contributed by atoms with Gasteiger partial charge in [-0.2, -0.15) is 0 Å². The number of nitro groups is 1. The molecule has 6 heteroatoms. The zero-order chi connectivity index (χ0) is 15.4. The van der Waals surface area contributed by atoms with Gasteiger partial charge in [-0.05, 0) is 25.1 Å². The summed E-state index contributed by atoms with van der Waals surface area (Å²) >= 11 is 0. The van der Waals surface area contributed by atoms with Crippen LogP contribution in [0.1, 0.15) is 11.1 Å². The highest BCUT2D eigenvalue weighted by Gasteiger charge is 2.15. The van der Waals surface area contributed by atoms with Crippen LogP contribution in [0.5, 0.6) is 5.75 Å². The predicted molar refractivity (Wildman–Crippen MR) is 78.1 cm³/mol. The minimum Gasteiger partial charge on any atom is -0.490 e. The Morgan fingerprint density at radius 1 is 1.29 bits per heavy atom. The number of rotatable bonds is 5. The van der Waals surface area contributed by atoms with Crippen molar-refractivity contribution in [2.45, 2.75) is 13.5 Å². The van der Waals surface area contributed by atoms with Gasteiger partial charge in [-0.15, -0.1) is 0 Å². The Balaban J connectivity index is 2.18. The first kappa shape index (κ1) is 14.8. The van der Waals surface area contributed by atoms with Crippen LogP contribution < -0.4 is 10.1 Å². The normalized spacial score (nSPS) is 10.2. The van der Waals surface area contributed by atoms with Crippen LogP contribution in [-0.2, 0) is 6.54 Å². The van der Waals surface area contributed by atoms with Gasteiger partial charge in [0.2, 0.25) is 0 Å². The molecule has 0 aromatic heterocycles. The molecule has 21 heavy (non-hydrogen) atoms. The summed E-state index contributed by atoms with van der Waals surface area (Å²) in [6, 6.07) is 9.36. The maximum absolute atomic E-state index is 13.6. The Bertz CT molecular complexity index is 674. The average molecular weight is 290 g/mol. The molecule has 0 amide bonds. The Hall–Kier alpha value is -2.63. The minimum absolute atomic E-state index is 0.132. The van der Waals surface area contributed by atoms with Crippen LogP contribution >= 0.6 is 0 Å². The van der Waals surface area contributed by atoms with E-state index in [4.69, 9.17) is 4.74 Å². The van der Waals surface area contributed by atoms with Crippen molar-refractivity contribution in [3.05, 3.63) is 63.5 Å². The van der Waals surface area contributed by atoms with E-state index >= 15 is 0 Å². The molecular formula is C15H15FN2O3. The van der Waals surface area contributed by atoms with Crippen LogP contribution in [0.25, 0.3) is 0 Å². The second kappa shape index (κ2) is 6.21. The fourth-order valence-corrected chi connectivity index (χ4v) is 1.98. The minimum atomic E-state index is -0.517. The third kappa shape index (κ3) is 3.47. The zero-order valence-electron chi connectivity index (χ0n) is 11.7. The largest absolute Gasteiger partial charge is 0.490 e. The van der Waals surface area contributed by atoms with Gasteiger partial charge in [-0.3, -0.25) is 10.1 Å². The van der Waals surface area contributed by atoms with Crippen molar-refractivity contribution < 1.29 is 14.1 Å². The van der Waals surface area contributed by atoms with Crippen molar-refractivity contribution >= 4 is 11.4 Å².